The number of hydrogen-bond donors (Lipinski definition) is 0. The lowest BCUT2D eigenvalue weighted by atomic mass is 9.81. The van der Waals surface area contributed by atoms with E-state index in [0.29, 0.717) is 5.92 Å². The van der Waals surface area contributed by atoms with E-state index in [1.54, 1.807) is 0 Å². The number of hydrogen-bond acceptors (Lipinski definition) is 1. The molecule has 0 unspecified atom stereocenters. The maximum atomic E-state index is 2.48. The fourth-order valence-electron chi connectivity index (χ4n) is 7.52. The number of benzene rings is 7. The van der Waals surface area contributed by atoms with Crippen molar-refractivity contribution in [2.24, 2.45) is 0 Å². The molecule has 0 aliphatic heterocycles. The molecule has 0 heterocycles. The van der Waals surface area contributed by atoms with Gasteiger partial charge in [-0.25, -0.2) is 0 Å². The van der Waals surface area contributed by atoms with Gasteiger partial charge in [0.2, 0.25) is 0 Å². The molecule has 0 radical (unpaired) electrons. The van der Waals surface area contributed by atoms with E-state index in [1.165, 1.54) is 71.9 Å². The Hall–Kier alpha value is -5.14. The molecule has 0 atom stereocenters. The third-order valence-electron chi connectivity index (χ3n) is 9.80. The first kappa shape index (κ1) is 27.4. The third-order valence-corrected chi connectivity index (χ3v) is 9.80. The van der Waals surface area contributed by atoms with Crippen molar-refractivity contribution in [3.63, 3.8) is 0 Å². The van der Waals surface area contributed by atoms with Gasteiger partial charge in [0.25, 0.3) is 0 Å². The number of anilines is 3. The summed E-state index contributed by atoms with van der Waals surface area (Å²) in [6, 6.07) is 53.8. The van der Waals surface area contributed by atoms with Gasteiger partial charge < -0.3 is 4.90 Å². The van der Waals surface area contributed by atoms with Gasteiger partial charge in [-0.15, -0.1) is 0 Å². The number of nitrogens with zero attached hydrogens (tertiary/aromatic N) is 1. The van der Waals surface area contributed by atoms with Gasteiger partial charge in [0.15, 0.2) is 0 Å². The average Bonchev–Trinajstić information content (AvgIpc) is 3.31. The zero-order valence-corrected chi connectivity index (χ0v) is 26.4. The second-order valence-corrected chi connectivity index (χ2v) is 13.2. The van der Waals surface area contributed by atoms with E-state index in [2.05, 4.69) is 178 Å². The van der Waals surface area contributed by atoms with Gasteiger partial charge in [0.05, 0.1) is 5.69 Å². The van der Waals surface area contributed by atoms with Crippen LogP contribution in [-0.4, -0.2) is 0 Å². The second-order valence-electron chi connectivity index (χ2n) is 13.2. The van der Waals surface area contributed by atoms with Crippen molar-refractivity contribution in [3.8, 4) is 22.3 Å². The summed E-state index contributed by atoms with van der Waals surface area (Å²) in [4.78, 5) is 2.48. The summed E-state index contributed by atoms with van der Waals surface area (Å²) >= 11 is 0. The lowest BCUT2D eigenvalue weighted by molar-refractivity contribution is 0.659. The van der Waals surface area contributed by atoms with Crippen molar-refractivity contribution in [1.82, 2.24) is 0 Å². The molecule has 8 rings (SSSR count). The molecule has 1 heteroatoms. The first-order valence-electron chi connectivity index (χ1n) is 16.1. The minimum absolute atomic E-state index is 0.105. The normalized spacial score (nSPS) is 13.3. The molecule has 1 nitrogen and oxygen atoms in total. The molecular weight excluding hydrogens is 542 g/mol. The predicted octanol–water partition coefficient (Wildman–Crippen LogP) is 12.6. The van der Waals surface area contributed by atoms with Crippen LogP contribution in [-0.2, 0) is 5.41 Å². The van der Waals surface area contributed by atoms with Gasteiger partial charge in [-0.3, -0.25) is 0 Å². The summed E-state index contributed by atoms with van der Waals surface area (Å²) in [5.41, 5.74) is 12.9. The van der Waals surface area contributed by atoms with Gasteiger partial charge in [-0.2, -0.15) is 0 Å². The molecule has 0 saturated heterocycles. The molecular formula is C44H37N. The van der Waals surface area contributed by atoms with Gasteiger partial charge in [-0.05, 0) is 91.2 Å². The zero-order chi connectivity index (χ0) is 30.7. The van der Waals surface area contributed by atoms with E-state index in [-0.39, 0.29) is 5.41 Å². The monoisotopic (exact) mass is 579 g/mol. The van der Waals surface area contributed by atoms with Crippen LogP contribution in [0.5, 0.6) is 0 Å². The minimum atomic E-state index is -0.105. The van der Waals surface area contributed by atoms with E-state index < -0.39 is 0 Å². The smallest absolute Gasteiger partial charge is 0.0546 e. The summed E-state index contributed by atoms with van der Waals surface area (Å²) in [7, 11) is 0. The van der Waals surface area contributed by atoms with E-state index >= 15 is 0 Å². The van der Waals surface area contributed by atoms with Crippen molar-refractivity contribution >= 4 is 38.6 Å². The van der Waals surface area contributed by atoms with Crippen LogP contribution in [0.15, 0.2) is 146 Å². The van der Waals surface area contributed by atoms with Crippen molar-refractivity contribution in [2.75, 3.05) is 4.90 Å². The van der Waals surface area contributed by atoms with Crippen LogP contribution in [0.2, 0.25) is 0 Å². The van der Waals surface area contributed by atoms with Crippen molar-refractivity contribution in [1.29, 1.82) is 0 Å². The first-order valence-corrected chi connectivity index (χ1v) is 16.1. The average molecular weight is 580 g/mol. The van der Waals surface area contributed by atoms with Gasteiger partial charge in [0.1, 0.15) is 0 Å². The zero-order valence-electron chi connectivity index (χ0n) is 26.4. The second kappa shape index (κ2) is 10.5. The Bertz CT molecular complexity index is 2220. The highest BCUT2D eigenvalue weighted by Gasteiger charge is 2.37. The maximum Gasteiger partial charge on any atom is 0.0546 e. The Morgan fingerprint density at radius 1 is 0.511 bits per heavy atom. The van der Waals surface area contributed by atoms with Crippen LogP contribution in [0, 0.1) is 0 Å². The van der Waals surface area contributed by atoms with Gasteiger partial charge >= 0.3 is 0 Å². The van der Waals surface area contributed by atoms with Crippen LogP contribution in [0.25, 0.3) is 43.8 Å². The fraction of sp³-hybridized carbons (Fsp3) is 0.136. The van der Waals surface area contributed by atoms with E-state index in [9.17, 15) is 0 Å². The van der Waals surface area contributed by atoms with Crippen molar-refractivity contribution < 1.29 is 0 Å². The summed E-state index contributed by atoms with van der Waals surface area (Å²) in [6.07, 6.45) is 0. The molecule has 0 spiro atoms. The Morgan fingerprint density at radius 2 is 1.18 bits per heavy atom. The topological polar surface area (TPSA) is 3.24 Å². The van der Waals surface area contributed by atoms with Crippen molar-refractivity contribution in [3.05, 3.63) is 162 Å². The standard InChI is InChI=1S/C44H37N/c1-29(2)36-19-12-20-39-43(36)38-25-24-35(28-40(38)44(39,3)4)45(34-23-21-30-13-8-9-17-33(30)27-34)41-26-22-31-14-10-11-18-37(31)42(41)32-15-6-5-7-16-32/h5-29H,1-4H3. The van der Waals surface area contributed by atoms with Crippen LogP contribution in [0.1, 0.15) is 50.3 Å². The number of rotatable bonds is 5. The quantitative estimate of drug-likeness (QED) is 0.196. The number of fused-ring (bicyclic) bond motifs is 5. The fourth-order valence-corrected chi connectivity index (χ4v) is 7.52. The lowest BCUT2D eigenvalue weighted by Gasteiger charge is -2.30. The van der Waals surface area contributed by atoms with Crippen molar-refractivity contribution in [2.45, 2.75) is 39.0 Å². The van der Waals surface area contributed by atoms with E-state index in [1.807, 2.05) is 0 Å². The highest BCUT2D eigenvalue weighted by atomic mass is 15.1. The van der Waals surface area contributed by atoms with Crippen LogP contribution >= 0.6 is 0 Å². The largest absolute Gasteiger partial charge is 0.310 e. The third kappa shape index (κ3) is 4.37. The summed E-state index contributed by atoms with van der Waals surface area (Å²) in [5.74, 6) is 0.460. The highest BCUT2D eigenvalue weighted by molar-refractivity contribution is 6.06. The minimum Gasteiger partial charge on any atom is -0.310 e. The molecule has 1 aliphatic rings. The highest BCUT2D eigenvalue weighted by Crippen LogP contribution is 2.53. The Labute approximate surface area is 266 Å². The summed E-state index contributed by atoms with van der Waals surface area (Å²) in [5, 5.41) is 4.97. The Kier molecular flexibility index (Phi) is 6.39. The first-order chi connectivity index (χ1) is 21.9. The SMILES string of the molecule is CC(C)c1cccc2c1-c1ccc(N(c3ccc4ccccc4c3)c3ccc4ccccc4c3-c3ccccc3)cc1C2(C)C. The summed E-state index contributed by atoms with van der Waals surface area (Å²) in [6.45, 7) is 9.39. The van der Waals surface area contributed by atoms with E-state index in [4.69, 9.17) is 0 Å². The van der Waals surface area contributed by atoms with Crippen LogP contribution in [0.3, 0.4) is 0 Å². The molecule has 218 valence electrons. The Balaban J connectivity index is 1.42. The van der Waals surface area contributed by atoms with Gasteiger partial charge in [-0.1, -0.05) is 143 Å². The molecule has 0 saturated carbocycles. The van der Waals surface area contributed by atoms with Crippen LogP contribution in [0.4, 0.5) is 17.1 Å². The molecule has 7 aromatic carbocycles. The molecule has 45 heavy (non-hydrogen) atoms. The van der Waals surface area contributed by atoms with Crippen LogP contribution < -0.4 is 4.90 Å². The molecule has 0 amide bonds. The molecule has 0 aromatic heterocycles. The van der Waals surface area contributed by atoms with Gasteiger partial charge in [0, 0.05) is 22.4 Å². The molecule has 0 N–H and O–H groups in total. The molecule has 1 aliphatic carbocycles. The summed E-state index contributed by atoms with van der Waals surface area (Å²) < 4.78 is 0. The lowest BCUT2D eigenvalue weighted by Crippen LogP contribution is -2.17. The predicted molar refractivity (Wildman–Crippen MR) is 193 cm³/mol. The molecule has 7 aromatic rings. The maximum absolute atomic E-state index is 2.48. The van der Waals surface area contributed by atoms with E-state index in [0.717, 1.165) is 5.69 Å². The Morgan fingerprint density at radius 3 is 1.98 bits per heavy atom. The molecule has 0 fully saturated rings. The molecule has 0 bridgehead atoms.